The molecule has 0 saturated carbocycles. The van der Waals surface area contributed by atoms with Crippen LogP contribution < -0.4 is 10.2 Å². The summed E-state index contributed by atoms with van der Waals surface area (Å²) in [6.07, 6.45) is 2.31. The summed E-state index contributed by atoms with van der Waals surface area (Å²) in [7, 11) is 0. The van der Waals surface area contributed by atoms with Crippen LogP contribution in [0, 0.1) is 13.8 Å². The summed E-state index contributed by atoms with van der Waals surface area (Å²) in [5, 5.41) is 11.6. The maximum atomic E-state index is 13.2. The number of amides is 1. The molecule has 170 valence electrons. The van der Waals surface area contributed by atoms with Crippen molar-refractivity contribution in [3.05, 3.63) is 65.0 Å². The van der Waals surface area contributed by atoms with E-state index in [4.69, 9.17) is 9.26 Å². The van der Waals surface area contributed by atoms with Crippen molar-refractivity contribution in [3.8, 4) is 17.1 Å². The molecule has 2 aliphatic heterocycles. The van der Waals surface area contributed by atoms with Crippen molar-refractivity contribution in [2.75, 3.05) is 6.61 Å². The highest BCUT2D eigenvalue weighted by Crippen LogP contribution is 2.32. The molecule has 9 heteroatoms. The van der Waals surface area contributed by atoms with E-state index in [1.165, 1.54) is 21.7 Å². The summed E-state index contributed by atoms with van der Waals surface area (Å²) in [5.41, 5.74) is 7.79. The summed E-state index contributed by atoms with van der Waals surface area (Å²) >= 11 is 0. The fourth-order valence-electron chi connectivity index (χ4n) is 4.25. The van der Waals surface area contributed by atoms with E-state index < -0.39 is 0 Å². The lowest BCUT2D eigenvalue weighted by Gasteiger charge is -2.29. The van der Waals surface area contributed by atoms with Crippen LogP contribution in [0.25, 0.3) is 11.4 Å². The second-order valence-electron chi connectivity index (χ2n) is 8.30. The molecule has 0 aliphatic carbocycles. The first-order valence-electron chi connectivity index (χ1n) is 11.0. The molecule has 1 amide bonds. The molecule has 0 bridgehead atoms. The monoisotopic (exact) mass is 446 g/mol. The largest absolute Gasteiger partial charge is 0.494 e. The van der Waals surface area contributed by atoms with Crippen LogP contribution in [0.4, 0.5) is 0 Å². The fourth-order valence-corrected chi connectivity index (χ4v) is 4.25. The van der Waals surface area contributed by atoms with E-state index in [9.17, 15) is 4.79 Å². The summed E-state index contributed by atoms with van der Waals surface area (Å²) in [5.74, 6) is 1.40. The van der Waals surface area contributed by atoms with Gasteiger partial charge in [-0.05, 0) is 50.5 Å². The van der Waals surface area contributed by atoms with Crippen molar-refractivity contribution in [1.29, 1.82) is 0 Å². The van der Waals surface area contributed by atoms with Gasteiger partial charge in [0.15, 0.2) is 0 Å². The minimum Gasteiger partial charge on any atom is -0.494 e. The van der Waals surface area contributed by atoms with Crippen LogP contribution >= 0.6 is 0 Å². The Labute approximate surface area is 192 Å². The van der Waals surface area contributed by atoms with Crippen molar-refractivity contribution in [3.63, 3.8) is 0 Å². The number of ether oxygens (including phenoxy) is 1. The third-order valence-corrected chi connectivity index (χ3v) is 5.92. The molecule has 2 aliphatic rings. The Morgan fingerprint density at radius 2 is 2.09 bits per heavy atom. The molecule has 2 unspecified atom stereocenters. The van der Waals surface area contributed by atoms with Crippen molar-refractivity contribution in [2.24, 2.45) is 5.10 Å². The van der Waals surface area contributed by atoms with Crippen LogP contribution in [0.15, 0.2) is 52.1 Å². The van der Waals surface area contributed by atoms with Gasteiger partial charge < -0.3 is 9.26 Å². The fraction of sp³-hybridized carbons (Fsp3) is 0.333. The van der Waals surface area contributed by atoms with Gasteiger partial charge in [0.25, 0.3) is 5.91 Å². The first-order chi connectivity index (χ1) is 16.0. The maximum Gasteiger partial charge on any atom is 0.267 e. The standard InChI is InChI=1S/C24H26N6O3/c1-4-32-18-7-5-6-17(11-18)23-26-22(33-28-23)13-29-24(31)21-12-20(27-30(21)14-25-29)19-10-15(2)8-9-16(19)3/h5-11,14,20-21,27H,4,12-13H2,1-3H3. The number of hydrogen-bond acceptors (Lipinski definition) is 8. The molecule has 5 rings (SSSR count). The van der Waals surface area contributed by atoms with Crippen LogP contribution in [0.2, 0.25) is 0 Å². The Bertz CT molecular complexity index is 1210. The highest BCUT2D eigenvalue weighted by Gasteiger charge is 2.41. The first-order valence-corrected chi connectivity index (χ1v) is 11.0. The van der Waals surface area contributed by atoms with E-state index in [-0.39, 0.29) is 24.5 Å². The zero-order valence-corrected chi connectivity index (χ0v) is 18.9. The summed E-state index contributed by atoms with van der Waals surface area (Å²) in [6.45, 7) is 6.79. The zero-order valence-electron chi connectivity index (χ0n) is 18.9. The van der Waals surface area contributed by atoms with Crippen molar-refractivity contribution >= 4 is 12.2 Å². The Balaban J connectivity index is 1.28. The molecule has 1 N–H and O–H groups in total. The Morgan fingerprint density at radius 1 is 1.21 bits per heavy atom. The molecule has 2 atom stereocenters. The lowest BCUT2D eigenvalue weighted by Crippen LogP contribution is -2.50. The number of hydrogen-bond donors (Lipinski definition) is 1. The number of nitrogens with zero attached hydrogens (tertiary/aromatic N) is 5. The number of benzene rings is 2. The molecule has 3 heterocycles. The summed E-state index contributed by atoms with van der Waals surface area (Å²) < 4.78 is 10.9. The van der Waals surface area contributed by atoms with Crippen LogP contribution in [-0.2, 0) is 11.3 Å². The van der Waals surface area contributed by atoms with Gasteiger partial charge in [-0.1, -0.05) is 41.1 Å². The van der Waals surface area contributed by atoms with Crippen molar-refractivity contribution < 1.29 is 14.1 Å². The van der Waals surface area contributed by atoms with Gasteiger partial charge in [-0.15, -0.1) is 0 Å². The number of hydrazine groups is 1. The average Bonchev–Trinajstić information content (AvgIpc) is 3.46. The number of carbonyl (C=O) groups excluding carboxylic acids is 1. The number of rotatable bonds is 6. The van der Waals surface area contributed by atoms with Gasteiger partial charge >= 0.3 is 0 Å². The minimum absolute atomic E-state index is 0.0536. The molecular formula is C24H26N6O3. The third-order valence-electron chi connectivity index (χ3n) is 5.92. The van der Waals surface area contributed by atoms with Crippen LogP contribution in [0.3, 0.4) is 0 Å². The highest BCUT2D eigenvalue weighted by atomic mass is 16.5. The topological polar surface area (TPSA) is 96.1 Å². The van der Waals surface area contributed by atoms with Gasteiger partial charge in [0.1, 0.15) is 24.7 Å². The van der Waals surface area contributed by atoms with E-state index in [0.29, 0.717) is 24.7 Å². The SMILES string of the molecule is CCOc1cccc(-c2noc(CN3N=CN4NC(c5cc(C)ccc5C)CC4C3=O)n2)c1. The normalized spacial score (nSPS) is 19.8. The molecule has 3 aromatic rings. The van der Waals surface area contributed by atoms with E-state index in [2.05, 4.69) is 52.7 Å². The first kappa shape index (κ1) is 21.1. The molecule has 9 nitrogen and oxygen atoms in total. The Morgan fingerprint density at radius 3 is 2.94 bits per heavy atom. The van der Waals surface area contributed by atoms with Gasteiger partial charge in [-0.25, -0.2) is 10.4 Å². The van der Waals surface area contributed by atoms with Gasteiger partial charge in [0, 0.05) is 5.56 Å². The number of carbonyl (C=O) groups is 1. The predicted molar refractivity (Wildman–Crippen MR) is 122 cm³/mol. The number of aryl methyl sites for hydroxylation is 2. The number of hydrazone groups is 1. The lowest BCUT2D eigenvalue weighted by atomic mass is 9.95. The number of nitrogens with one attached hydrogen (secondary N) is 1. The van der Waals surface area contributed by atoms with Gasteiger partial charge in [-0.3, -0.25) is 9.80 Å². The van der Waals surface area contributed by atoms with E-state index in [0.717, 1.165) is 11.3 Å². The molecule has 1 saturated heterocycles. The smallest absolute Gasteiger partial charge is 0.267 e. The minimum atomic E-state index is -0.335. The molecule has 1 aromatic heterocycles. The van der Waals surface area contributed by atoms with E-state index in [1.807, 2.05) is 31.2 Å². The molecule has 0 spiro atoms. The number of aromatic nitrogens is 2. The average molecular weight is 447 g/mol. The van der Waals surface area contributed by atoms with Crippen LogP contribution in [0.1, 0.15) is 42.0 Å². The second kappa shape index (κ2) is 8.67. The third kappa shape index (κ3) is 4.19. The molecule has 0 radical (unpaired) electrons. The molecule has 1 fully saturated rings. The summed E-state index contributed by atoms with van der Waals surface area (Å²) in [6, 6.07) is 13.6. The second-order valence-corrected chi connectivity index (χ2v) is 8.30. The quantitative estimate of drug-likeness (QED) is 0.620. The highest BCUT2D eigenvalue weighted by molar-refractivity contribution is 5.87. The zero-order chi connectivity index (χ0) is 22.9. The molecule has 2 aromatic carbocycles. The molecular weight excluding hydrogens is 420 g/mol. The van der Waals surface area contributed by atoms with Crippen molar-refractivity contribution in [2.45, 2.75) is 45.8 Å². The Kier molecular flexibility index (Phi) is 5.55. The van der Waals surface area contributed by atoms with Gasteiger partial charge in [0.2, 0.25) is 11.7 Å². The van der Waals surface area contributed by atoms with E-state index in [1.54, 1.807) is 11.3 Å². The van der Waals surface area contributed by atoms with Crippen LogP contribution in [-0.4, -0.2) is 45.1 Å². The predicted octanol–water partition coefficient (Wildman–Crippen LogP) is 3.36. The van der Waals surface area contributed by atoms with Gasteiger partial charge in [0.05, 0.1) is 12.6 Å². The molecule has 33 heavy (non-hydrogen) atoms. The summed E-state index contributed by atoms with van der Waals surface area (Å²) in [4.78, 5) is 17.6. The van der Waals surface area contributed by atoms with E-state index >= 15 is 0 Å². The Hall–Kier alpha value is -3.72. The number of fused-ring (bicyclic) bond motifs is 1. The van der Waals surface area contributed by atoms with Crippen molar-refractivity contribution in [1.82, 2.24) is 25.6 Å². The maximum absolute atomic E-state index is 13.2. The van der Waals surface area contributed by atoms with Crippen LogP contribution in [0.5, 0.6) is 5.75 Å². The lowest BCUT2D eigenvalue weighted by molar-refractivity contribution is -0.137. The van der Waals surface area contributed by atoms with Gasteiger partial charge in [-0.2, -0.15) is 10.1 Å².